The van der Waals surface area contributed by atoms with E-state index >= 15 is 0 Å². The molecule has 1 heterocycles. The van der Waals surface area contributed by atoms with Crippen LogP contribution in [0, 0.1) is 5.92 Å². The molecule has 0 aliphatic heterocycles. The standard InChI is InChI=1S/C18H23N3O3/c1-13(11-14-6-8-15(24-3)9-7-14)12-19-18(23)20-16-5-4-10-21(2)17(16)22/h4-10,13H,11-12H2,1-3H3,(H2,19,20,23). The van der Waals surface area contributed by atoms with Crippen LogP contribution in [0.3, 0.4) is 0 Å². The lowest BCUT2D eigenvalue weighted by Crippen LogP contribution is -2.35. The highest BCUT2D eigenvalue weighted by atomic mass is 16.5. The van der Waals surface area contributed by atoms with Gasteiger partial charge in [-0.05, 0) is 42.2 Å². The normalized spacial score (nSPS) is 11.6. The first kappa shape index (κ1) is 17.6. The van der Waals surface area contributed by atoms with E-state index in [-0.39, 0.29) is 23.2 Å². The summed E-state index contributed by atoms with van der Waals surface area (Å²) in [7, 11) is 3.28. The molecule has 0 aliphatic carbocycles. The van der Waals surface area contributed by atoms with Gasteiger partial charge in [0.25, 0.3) is 5.56 Å². The Balaban J connectivity index is 1.82. The van der Waals surface area contributed by atoms with Gasteiger partial charge in [-0.15, -0.1) is 0 Å². The van der Waals surface area contributed by atoms with Crippen LogP contribution in [0.4, 0.5) is 10.5 Å². The third-order valence-corrected chi connectivity index (χ3v) is 3.73. The Morgan fingerprint density at radius 2 is 1.96 bits per heavy atom. The molecular weight excluding hydrogens is 306 g/mol. The molecule has 1 aromatic heterocycles. The maximum atomic E-state index is 11.9. The Labute approximate surface area is 141 Å². The van der Waals surface area contributed by atoms with Gasteiger partial charge in [0.15, 0.2) is 0 Å². The predicted octanol–water partition coefficient (Wildman–Crippen LogP) is 2.39. The van der Waals surface area contributed by atoms with Crippen LogP contribution in [0.25, 0.3) is 0 Å². The number of amides is 2. The van der Waals surface area contributed by atoms with Gasteiger partial charge >= 0.3 is 6.03 Å². The number of carbonyl (C=O) groups is 1. The van der Waals surface area contributed by atoms with Crippen LogP contribution in [-0.2, 0) is 13.5 Å². The molecule has 0 bridgehead atoms. The summed E-state index contributed by atoms with van der Waals surface area (Å²) in [4.78, 5) is 23.8. The lowest BCUT2D eigenvalue weighted by Gasteiger charge is -2.14. The average Bonchev–Trinajstić information content (AvgIpc) is 2.58. The zero-order valence-electron chi connectivity index (χ0n) is 14.2. The smallest absolute Gasteiger partial charge is 0.319 e. The van der Waals surface area contributed by atoms with Gasteiger partial charge < -0.3 is 19.9 Å². The van der Waals surface area contributed by atoms with E-state index in [0.29, 0.717) is 6.54 Å². The number of pyridine rings is 1. The fraction of sp³-hybridized carbons (Fsp3) is 0.333. The van der Waals surface area contributed by atoms with E-state index in [1.165, 1.54) is 10.1 Å². The molecule has 128 valence electrons. The van der Waals surface area contributed by atoms with Gasteiger partial charge in [0.1, 0.15) is 11.4 Å². The number of carbonyl (C=O) groups excluding carboxylic acids is 1. The van der Waals surface area contributed by atoms with Crippen molar-refractivity contribution in [1.29, 1.82) is 0 Å². The second-order valence-electron chi connectivity index (χ2n) is 5.83. The molecule has 24 heavy (non-hydrogen) atoms. The number of methoxy groups -OCH3 is 1. The molecular formula is C18H23N3O3. The Hall–Kier alpha value is -2.76. The van der Waals surface area contributed by atoms with Gasteiger partial charge in [0, 0.05) is 19.8 Å². The van der Waals surface area contributed by atoms with Crippen LogP contribution in [-0.4, -0.2) is 24.3 Å². The molecule has 2 N–H and O–H groups in total. The molecule has 1 atom stereocenters. The molecule has 6 nitrogen and oxygen atoms in total. The number of nitrogens with zero attached hydrogens (tertiary/aromatic N) is 1. The van der Waals surface area contributed by atoms with Crippen molar-refractivity contribution in [3.8, 4) is 5.75 Å². The number of urea groups is 1. The molecule has 0 aliphatic rings. The van der Waals surface area contributed by atoms with Gasteiger partial charge in [0.2, 0.25) is 0 Å². The molecule has 1 aromatic carbocycles. The molecule has 0 spiro atoms. The van der Waals surface area contributed by atoms with Gasteiger partial charge in [-0.25, -0.2) is 4.79 Å². The van der Waals surface area contributed by atoms with E-state index in [1.807, 2.05) is 24.3 Å². The van der Waals surface area contributed by atoms with Crippen molar-refractivity contribution >= 4 is 11.7 Å². The molecule has 0 saturated carbocycles. The van der Waals surface area contributed by atoms with E-state index in [9.17, 15) is 9.59 Å². The van der Waals surface area contributed by atoms with Crippen LogP contribution in [0.5, 0.6) is 5.75 Å². The average molecular weight is 329 g/mol. The van der Waals surface area contributed by atoms with Gasteiger partial charge in [-0.3, -0.25) is 4.79 Å². The lowest BCUT2D eigenvalue weighted by molar-refractivity contribution is 0.250. The van der Waals surface area contributed by atoms with Crippen LogP contribution in [0.1, 0.15) is 12.5 Å². The number of hydrogen-bond donors (Lipinski definition) is 2. The topological polar surface area (TPSA) is 72.4 Å². The van der Waals surface area contributed by atoms with Crippen LogP contribution in [0.15, 0.2) is 47.4 Å². The Morgan fingerprint density at radius 1 is 1.25 bits per heavy atom. The van der Waals surface area contributed by atoms with Crippen molar-refractivity contribution in [2.75, 3.05) is 19.0 Å². The number of ether oxygens (including phenoxy) is 1. The number of rotatable bonds is 6. The molecule has 2 aromatic rings. The molecule has 2 rings (SSSR count). The van der Waals surface area contributed by atoms with Crippen molar-refractivity contribution in [3.05, 3.63) is 58.5 Å². The van der Waals surface area contributed by atoms with Crippen molar-refractivity contribution < 1.29 is 9.53 Å². The number of aryl methyl sites for hydroxylation is 1. The first-order valence-corrected chi connectivity index (χ1v) is 7.83. The summed E-state index contributed by atoms with van der Waals surface area (Å²) in [6, 6.07) is 10.8. The second kappa shape index (κ2) is 8.19. The van der Waals surface area contributed by atoms with Gasteiger partial charge in [-0.1, -0.05) is 19.1 Å². The third kappa shape index (κ3) is 4.87. The van der Waals surface area contributed by atoms with E-state index in [4.69, 9.17) is 4.74 Å². The van der Waals surface area contributed by atoms with E-state index in [2.05, 4.69) is 17.6 Å². The fourth-order valence-corrected chi connectivity index (χ4v) is 2.36. The Morgan fingerprint density at radius 3 is 2.62 bits per heavy atom. The SMILES string of the molecule is COc1ccc(CC(C)CNC(=O)Nc2cccn(C)c2=O)cc1. The summed E-state index contributed by atoms with van der Waals surface area (Å²) in [6.45, 7) is 2.58. The number of hydrogen-bond acceptors (Lipinski definition) is 3. The summed E-state index contributed by atoms with van der Waals surface area (Å²) in [5.74, 6) is 1.09. The molecule has 0 fully saturated rings. The molecule has 6 heteroatoms. The van der Waals surface area contributed by atoms with Crippen LogP contribution < -0.4 is 20.9 Å². The first-order valence-electron chi connectivity index (χ1n) is 7.83. The van der Waals surface area contributed by atoms with Crippen molar-refractivity contribution in [1.82, 2.24) is 9.88 Å². The van der Waals surface area contributed by atoms with Gasteiger partial charge in [-0.2, -0.15) is 0 Å². The highest BCUT2D eigenvalue weighted by Crippen LogP contribution is 2.14. The molecule has 2 amide bonds. The Bertz CT molecular complexity index is 738. The largest absolute Gasteiger partial charge is 0.497 e. The van der Waals surface area contributed by atoms with E-state index in [0.717, 1.165) is 12.2 Å². The summed E-state index contributed by atoms with van der Waals surface area (Å²) in [5, 5.41) is 5.38. The highest BCUT2D eigenvalue weighted by Gasteiger charge is 2.09. The second-order valence-corrected chi connectivity index (χ2v) is 5.83. The highest BCUT2D eigenvalue weighted by molar-refractivity contribution is 5.88. The number of nitrogens with one attached hydrogen (secondary N) is 2. The van der Waals surface area contributed by atoms with Crippen molar-refractivity contribution in [2.24, 2.45) is 13.0 Å². The quantitative estimate of drug-likeness (QED) is 0.855. The minimum absolute atomic E-state index is 0.237. The predicted molar refractivity (Wildman–Crippen MR) is 94.6 cm³/mol. The van der Waals surface area contributed by atoms with E-state index < -0.39 is 0 Å². The van der Waals surface area contributed by atoms with E-state index in [1.54, 1.807) is 32.5 Å². The molecule has 0 radical (unpaired) electrons. The molecule has 1 unspecified atom stereocenters. The maximum Gasteiger partial charge on any atom is 0.319 e. The molecule has 0 saturated heterocycles. The summed E-state index contributed by atoms with van der Waals surface area (Å²) >= 11 is 0. The minimum atomic E-state index is -0.375. The maximum absolute atomic E-state index is 11.9. The lowest BCUT2D eigenvalue weighted by atomic mass is 10.0. The summed E-state index contributed by atoms with van der Waals surface area (Å²) in [5.41, 5.74) is 1.21. The zero-order valence-corrected chi connectivity index (χ0v) is 14.2. The zero-order chi connectivity index (χ0) is 17.5. The summed E-state index contributed by atoms with van der Waals surface area (Å²) < 4.78 is 6.55. The van der Waals surface area contributed by atoms with Gasteiger partial charge in [0.05, 0.1) is 7.11 Å². The fourth-order valence-electron chi connectivity index (χ4n) is 2.36. The number of aromatic nitrogens is 1. The monoisotopic (exact) mass is 329 g/mol. The van der Waals surface area contributed by atoms with Crippen LogP contribution >= 0.6 is 0 Å². The van der Waals surface area contributed by atoms with Crippen LogP contribution in [0.2, 0.25) is 0 Å². The van der Waals surface area contributed by atoms with Crippen molar-refractivity contribution in [2.45, 2.75) is 13.3 Å². The van der Waals surface area contributed by atoms with Crippen molar-refractivity contribution in [3.63, 3.8) is 0 Å². The summed E-state index contributed by atoms with van der Waals surface area (Å²) in [6.07, 6.45) is 2.49. The first-order chi connectivity index (χ1) is 11.5. The number of benzene rings is 1. The third-order valence-electron chi connectivity index (χ3n) is 3.73. The Kier molecular flexibility index (Phi) is 6.01. The number of anilines is 1. The minimum Gasteiger partial charge on any atom is -0.497 e.